The van der Waals surface area contributed by atoms with Crippen LogP contribution in [0.15, 0.2) is 23.2 Å². The zero-order valence-electron chi connectivity index (χ0n) is 12.1. The topological polar surface area (TPSA) is 57.1 Å². The second-order valence-corrected chi connectivity index (χ2v) is 5.56. The summed E-state index contributed by atoms with van der Waals surface area (Å²) in [5, 5.41) is 0. The van der Waals surface area contributed by atoms with Gasteiger partial charge in [-0.05, 0) is 18.9 Å². The molecule has 1 aromatic carbocycles. The van der Waals surface area contributed by atoms with Gasteiger partial charge < -0.3 is 14.2 Å². The van der Waals surface area contributed by atoms with Crippen molar-refractivity contribution in [3.8, 4) is 11.5 Å². The molecule has 1 saturated heterocycles. The summed E-state index contributed by atoms with van der Waals surface area (Å²) >= 11 is 0. The van der Waals surface area contributed by atoms with E-state index >= 15 is 0 Å². The summed E-state index contributed by atoms with van der Waals surface area (Å²) in [6, 6.07) is 5.76. The summed E-state index contributed by atoms with van der Waals surface area (Å²) in [6.07, 6.45) is 5.57. The van der Waals surface area contributed by atoms with Crippen LogP contribution >= 0.6 is 0 Å². The molecule has 0 atom stereocenters. The Morgan fingerprint density at radius 2 is 2.10 bits per heavy atom. The Morgan fingerprint density at radius 3 is 2.67 bits per heavy atom. The average Bonchev–Trinajstić information content (AvgIpc) is 2.92. The summed E-state index contributed by atoms with van der Waals surface area (Å²) in [5.74, 6) is 1.36. The summed E-state index contributed by atoms with van der Waals surface area (Å²) in [5.41, 5.74) is 0.408. The van der Waals surface area contributed by atoms with Gasteiger partial charge in [-0.25, -0.2) is 4.79 Å². The number of rotatable bonds is 5. The van der Waals surface area contributed by atoms with Crippen LogP contribution in [-0.4, -0.2) is 32.5 Å². The highest BCUT2D eigenvalue weighted by Gasteiger charge is 2.39. The lowest BCUT2D eigenvalue weighted by molar-refractivity contribution is -0.0809. The fourth-order valence-electron chi connectivity index (χ4n) is 3.10. The molecule has 5 nitrogen and oxygen atoms in total. The van der Waals surface area contributed by atoms with Gasteiger partial charge in [0.2, 0.25) is 6.08 Å². The number of methoxy groups -OCH3 is 1. The maximum Gasteiger partial charge on any atom is 0.235 e. The molecule has 1 aromatic rings. The molecule has 1 saturated carbocycles. The van der Waals surface area contributed by atoms with Crippen molar-refractivity contribution in [2.45, 2.75) is 37.3 Å². The van der Waals surface area contributed by atoms with Crippen LogP contribution in [0.3, 0.4) is 0 Å². The number of para-hydroxylation sites is 1. The largest absolute Gasteiger partial charge is 0.493 e. The first-order valence-electron chi connectivity index (χ1n) is 7.30. The van der Waals surface area contributed by atoms with E-state index in [4.69, 9.17) is 14.2 Å². The Balaban J connectivity index is 2.04. The van der Waals surface area contributed by atoms with Crippen molar-refractivity contribution in [2.24, 2.45) is 4.99 Å². The first kappa shape index (κ1) is 14.1. The van der Waals surface area contributed by atoms with Gasteiger partial charge in [0.1, 0.15) is 11.6 Å². The average molecular weight is 289 g/mol. The Hall–Kier alpha value is -1.84. The van der Waals surface area contributed by atoms with Crippen LogP contribution in [0, 0.1) is 0 Å². The van der Waals surface area contributed by atoms with E-state index in [0.717, 1.165) is 31.2 Å². The lowest BCUT2D eigenvalue weighted by Gasteiger charge is -2.31. The molecule has 0 bridgehead atoms. The fourth-order valence-corrected chi connectivity index (χ4v) is 3.10. The molecule has 21 heavy (non-hydrogen) atoms. The van der Waals surface area contributed by atoms with Crippen molar-refractivity contribution in [3.63, 3.8) is 0 Å². The molecule has 0 unspecified atom stereocenters. The molecular formula is C16H19NO4. The Bertz CT molecular complexity index is 555. The minimum atomic E-state index is -0.518. The molecule has 3 rings (SSSR count). The number of isocyanates is 1. The van der Waals surface area contributed by atoms with Crippen LogP contribution in [-0.2, 0) is 15.1 Å². The van der Waals surface area contributed by atoms with Gasteiger partial charge in [-0.2, -0.15) is 4.99 Å². The quantitative estimate of drug-likeness (QED) is 0.617. The normalized spacial score (nSPS) is 20.4. The Labute approximate surface area is 123 Å². The van der Waals surface area contributed by atoms with Crippen molar-refractivity contribution < 1.29 is 19.0 Å². The standard InChI is InChI=1S/C16H19NO4/c1-19-14-6-4-5-13(15(14)21-12-9-20-10-12)16(17-11-18)7-2-3-8-16/h4-6,12H,2-3,7-10H2,1H3. The predicted molar refractivity (Wildman–Crippen MR) is 76.5 cm³/mol. The van der Waals surface area contributed by atoms with E-state index in [-0.39, 0.29) is 6.10 Å². The zero-order valence-corrected chi connectivity index (χ0v) is 12.1. The molecule has 0 aromatic heterocycles. The maximum atomic E-state index is 10.9. The van der Waals surface area contributed by atoms with Gasteiger partial charge in [-0.3, -0.25) is 0 Å². The predicted octanol–water partition coefficient (Wildman–Crippen LogP) is 2.58. The fraction of sp³-hybridized carbons (Fsp3) is 0.562. The van der Waals surface area contributed by atoms with Crippen molar-refractivity contribution in [1.29, 1.82) is 0 Å². The monoisotopic (exact) mass is 289 g/mol. The van der Waals surface area contributed by atoms with Crippen LogP contribution in [0.25, 0.3) is 0 Å². The molecule has 0 N–H and O–H groups in total. The summed E-state index contributed by atoms with van der Waals surface area (Å²) in [4.78, 5) is 15.1. The third-order valence-corrected chi connectivity index (χ3v) is 4.28. The summed E-state index contributed by atoms with van der Waals surface area (Å²) in [6.45, 7) is 1.17. The lowest BCUT2D eigenvalue weighted by atomic mass is 9.88. The van der Waals surface area contributed by atoms with Gasteiger partial charge in [-0.1, -0.05) is 25.0 Å². The van der Waals surface area contributed by atoms with E-state index in [1.54, 1.807) is 13.2 Å². The van der Waals surface area contributed by atoms with E-state index in [1.165, 1.54) is 0 Å². The molecule has 1 aliphatic carbocycles. The van der Waals surface area contributed by atoms with E-state index in [1.807, 2.05) is 18.2 Å². The highest BCUT2D eigenvalue weighted by Crippen LogP contribution is 2.48. The van der Waals surface area contributed by atoms with Crippen LogP contribution in [0.4, 0.5) is 0 Å². The van der Waals surface area contributed by atoms with Gasteiger partial charge in [0.05, 0.1) is 20.3 Å². The molecule has 1 heterocycles. The molecular weight excluding hydrogens is 270 g/mol. The van der Waals surface area contributed by atoms with Gasteiger partial charge in [-0.15, -0.1) is 0 Å². The third-order valence-electron chi connectivity index (χ3n) is 4.28. The highest BCUT2D eigenvalue weighted by molar-refractivity contribution is 5.52. The number of hydrogen-bond acceptors (Lipinski definition) is 5. The molecule has 0 spiro atoms. The Morgan fingerprint density at radius 1 is 1.33 bits per heavy atom. The third kappa shape index (κ3) is 2.55. The van der Waals surface area contributed by atoms with Gasteiger partial charge in [0.25, 0.3) is 0 Å². The Kier molecular flexibility index (Phi) is 3.95. The number of hydrogen-bond donors (Lipinski definition) is 0. The molecule has 2 aliphatic rings. The number of aliphatic imine (C=N–C) groups is 1. The first-order chi connectivity index (χ1) is 10.3. The SMILES string of the molecule is COc1cccc(C2(N=C=O)CCCC2)c1OC1COC1. The first-order valence-corrected chi connectivity index (χ1v) is 7.30. The molecule has 2 fully saturated rings. The minimum absolute atomic E-state index is 0.0405. The van der Waals surface area contributed by atoms with Crippen molar-refractivity contribution in [2.75, 3.05) is 20.3 Å². The van der Waals surface area contributed by atoms with Crippen LogP contribution in [0.2, 0.25) is 0 Å². The van der Waals surface area contributed by atoms with E-state index in [9.17, 15) is 4.79 Å². The van der Waals surface area contributed by atoms with Gasteiger partial charge in [0, 0.05) is 5.56 Å². The molecule has 0 radical (unpaired) electrons. The second kappa shape index (κ2) is 5.88. The van der Waals surface area contributed by atoms with E-state index in [2.05, 4.69) is 4.99 Å². The smallest absolute Gasteiger partial charge is 0.235 e. The number of nitrogens with zero attached hydrogens (tertiary/aromatic N) is 1. The summed E-state index contributed by atoms with van der Waals surface area (Å²) in [7, 11) is 1.62. The van der Waals surface area contributed by atoms with Crippen LogP contribution in [0.5, 0.6) is 11.5 Å². The molecule has 112 valence electrons. The van der Waals surface area contributed by atoms with E-state index < -0.39 is 5.54 Å². The van der Waals surface area contributed by atoms with Gasteiger partial charge >= 0.3 is 0 Å². The molecule has 1 aliphatic heterocycles. The van der Waals surface area contributed by atoms with Crippen molar-refractivity contribution >= 4 is 6.08 Å². The molecule has 5 heteroatoms. The maximum absolute atomic E-state index is 10.9. The number of ether oxygens (including phenoxy) is 3. The van der Waals surface area contributed by atoms with Crippen molar-refractivity contribution in [3.05, 3.63) is 23.8 Å². The minimum Gasteiger partial charge on any atom is -0.493 e. The van der Waals surface area contributed by atoms with Crippen molar-refractivity contribution in [1.82, 2.24) is 0 Å². The lowest BCUT2D eigenvalue weighted by Crippen LogP contribution is -2.39. The molecule has 0 amide bonds. The van der Waals surface area contributed by atoms with Gasteiger partial charge in [0.15, 0.2) is 11.5 Å². The zero-order chi connectivity index (χ0) is 14.7. The number of benzene rings is 1. The summed E-state index contributed by atoms with van der Waals surface area (Å²) < 4.78 is 16.6. The van der Waals surface area contributed by atoms with Crippen LogP contribution < -0.4 is 9.47 Å². The second-order valence-electron chi connectivity index (χ2n) is 5.56. The number of carbonyl (C=O) groups excluding carboxylic acids is 1. The van der Waals surface area contributed by atoms with Crippen LogP contribution in [0.1, 0.15) is 31.2 Å². The van der Waals surface area contributed by atoms with E-state index in [0.29, 0.717) is 24.7 Å². The highest BCUT2D eigenvalue weighted by atomic mass is 16.6.